The number of hydrogen-bond donors (Lipinski definition) is 2. The van der Waals surface area contributed by atoms with Crippen LogP contribution in [0.4, 0.5) is 0 Å². The molecule has 0 radical (unpaired) electrons. The summed E-state index contributed by atoms with van der Waals surface area (Å²) in [6, 6.07) is 10.1. The van der Waals surface area contributed by atoms with Crippen LogP contribution in [0.3, 0.4) is 0 Å². The van der Waals surface area contributed by atoms with Gasteiger partial charge in [0.1, 0.15) is 10.9 Å². The first-order chi connectivity index (χ1) is 8.83. The van der Waals surface area contributed by atoms with Crippen molar-refractivity contribution in [2.24, 2.45) is 0 Å². The van der Waals surface area contributed by atoms with Gasteiger partial charge in [-0.15, -0.1) is 0 Å². The molecule has 0 spiro atoms. The Morgan fingerprint density at radius 1 is 1.28 bits per heavy atom. The van der Waals surface area contributed by atoms with Crippen molar-refractivity contribution in [2.45, 2.75) is 42.7 Å². The van der Waals surface area contributed by atoms with Gasteiger partial charge in [-0.25, -0.2) is 4.98 Å². The van der Waals surface area contributed by atoms with Crippen molar-refractivity contribution in [1.29, 1.82) is 0 Å². The van der Waals surface area contributed by atoms with E-state index in [0.717, 1.165) is 40.7 Å². The molecule has 0 bridgehead atoms. The summed E-state index contributed by atoms with van der Waals surface area (Å²) in [6.07, 6.45) is 3.21. The first kappa shape index (κ1) is 13.2. The van der Waals surface area contributed by atoms with Crippen molar-refractivity contribution >= 4 is 11.8 Å². The highest BCUT2D eigenvalue weighted by Gasteiger charge is 2.10. The fourth-order valence-corrected chi connectivity index (χ4v) is 2.61. The van der Waals surface area contributed by atoms with Gasteiger partial charge in [0, 0.05) is 11.3 Å². The number of imidazole rings is 1. The SMILES string of the molecule is CCCCc1nc(Sc2ccccc2)c(CO)[nH]1. The summed E-state index contributed by atoms with van der Waals surface area (Å²) in [5.41, 5.74) is 0.815. The van der Waals surface area contributed by atoms with Crippen LogP contribution in [-0.4, -0.2) is 15.1 Å². The highest BCUT2D eigenvalue weighted by atomic mass is 32.2. The minimum atomic E-state index is 0.00823. The number of H-pyrrole nitrogens is 1. The van der Waals surface area contributed by atoms with Crippen molar-refractivity contribution in [3.63, 3.8) is 0 Å². The lowest BCUT2D eigenvalue weighted by Gasteiger charge is -1.99. The second-order valence-corrected chi connectivity index (χ2v) is 5.21. The van der Waals surface area contributed by atoms with Crippen LogP contribution >= 0.6 is 11.8 Å². The molecule has 3 nitrogen and oxygen atoms in total. The molecule has 2 aromatic rings. The number of aromatic amines is 1. The van der Waals surface area contributed by atoms with Crippen molar-refractivity contribution in [2.75, 3.05) is 0 Å². The summed E-state index contributed by atoms with van der Waals surface area (Å²) in [5, 5.41) is 10.2. The third-order valence-electron chi connectivity index (χ3n) is 2.67. The molecule has 1 aromatic heterocycles. The Bertz CT molecular complexity index is 482. The number of aliphatic hydroxyl groups is 1. The number of aromatic nitrogens is 2. The fourth-order valence-electron chi connectivity index (χ4n) is 1.70. The first-order valence-corrected chi connectivity index (χ1v) is 7.06. The minimum Gasteiger partial charge on any atom is -0.390 e. The van der Waals surface area contributed by atoms with Gasteiger partial charge in [-0.05, 0) is 18.6 Å². The lowest BCUT2D eigenvalue weighted by atomic mass is 10.2. The molecule has 0 saturated heterocycles. The second-order valence-electron chi connectivity index (χ2n) is 4.14. The number of aryl methyl sites for hydroxylation is 1. The van der Waals surface area contributed by atoms with Crippen LogP contribution in [0.2, 0.25) is 0 Å². The maximum Gasteiger partial charge on any atom is 0.125 e. The van der Waals surface area contributed by atoms with Gasteiger partial charge < -0.3 is 10.1 Å². The van der Waals surface area contributed by atoms with E-state index in [9.17, 15) is 5.11 Å². The molecule has 18 heavy (non-hydrogen) atoms. The Hall–Kier alpha value is -1.26. The highest BCUT2D eigenvalue weighted by Crippen LogP contribution is 2.28. The second kappa shape index (κ2) is 6.61. The fraction of sp³-hybridized carbons (Fsp3) is 0.357. The van der Waals surface area contributed by atoms with Gasteiger partial charge in [0.25, 0.3) is 0 Å². The van der Waals surface area contributed by atoms with Gasteiger partial charge in [-0.3, -0.25) is 0 Å². The molecular weight excluding hydrogens is 244 g/mol. The summed E-state index contributed by atoms with van der Waals surface area (Å²) in [6.45, 7) is 2.17. The summed E-state index contributed by atoms with van der Waals surface area (Å²) in [7, 11) is 0. The molecule has 2 N–H and O–H groups in total. The Morgan fingerprint density at radius 2 is 2.06 bits per heavy atom. The van der Waals surface area contributed by atoms with E-state index in [4.69, 9.17) is 0 Å². The molecule has 0 atom stereocenters. The molecule has 0 aliphatic carbocycles. The normalized spacial score (nSPS) is 10.8. The first-order valence-electron chi connectivity index (χ1n) is 6.25. The molecule has 96 valence electrons. The molecule has 0 amide bonds. The highest BCUT2D eigenvalue weighted by molar-refractivity contribution is 7.99. The van der Waals surface area contributed by atoms with E-state index in [1.165, 1.54) is 0 Å². The summed E-state index contributed by atoms with van der Waals surface area (Å²) in [5.74, 6) is 0.972. The Labute approximate surface area is 112 Å². The largest absolute Gasteiger partial charge is 0.390 e. The lowest BCUT2D eigenvalue weighted by molar-refractivity contribution is 0.274. The average molecular weight is 262 g/mol. The zero-order valence-electron chi connectivity index (χ0n) is 10.5. The number of aliphatic hydroxyl groups excluding tert-OH is 1. The summed E-state index contributed by atoms with van der Waals surface area (Å²) >= 11 is 1.59. The van der Waals surface area contributed by atoms with Gasteiger partial charge in [0.05, 0.1) is 12.3 Å². The predicted octanol–water partition coefficient (Wildman–Crippen LogP) is 3.40. The number of rotatable bonds is 6. The van der Waals surface area contributed by atoms with E-state index in [-0.39, 0.29) is 6.61 Å². The van der Waals surface area contributed by atoms with E-state index >= 15 is 0 Å². The molecule has 0 aliphatic rings. The van der Waals surface area contributed by atoms with Gasteiger partial charge in [0.2, 0.25) is 0 Å². The maximum atomic E-state index is 9.35. The van der Waals surface area contributed by atoms with E-state index in [1.54, 1.807) is 11.8 Å². The molecule has 0 aliphatic heterocycles. The van der Waals surface area contributed by atoms with Crippen LogP contribution in [-0.2, 0) is 13.0 Å². The van der Waals surface area contributed by atoms with E-state index in [2.05, 4.69) is 16.9 Å². The number of nitrogens with zero attached hydrogens (tertiary/aromatic N) is 1. The smallest absolute Gasteiger partial charge is 0.125 e. The molecule has 2 rings (SSSR count). The van der Waals surface area contributed by atoms with Crippen LogP contribution in [0.25, 0.3) is 0 Å². The number of nitrogens with one attached hydrogen (secondary N) is 1. The van der Waals surface area contributed by atoms with E-state index in [0.29, 0.717) is 0 Å². The molecule has 4 heteroatoms. The molecule has 0 saturated carbocycles. The standard InChI is InChI=1S/C14H18N2OS/c1-2-3-9-13-15-12(10-17)14(16-13)18-11-7-5-4-6-8-11/h4-8,17H,2-3,9-10H2,1H3,(H,15,16). The number of hydrogen-bond acceptors (Lipinski definition) is 3. The molecular formula is C14H18N2OS. The molecule has 1 heterocycles. The predicted molar refractivity (Wildman–Crippen MR) is 73.7 cm³/mol. The van der Waals surface area contributed by atoms with Crippen molar-refractivity contribution < 1.29 is 5.11 Å². The lowest BCUT2D eigenvalue weighted by Crippen LogP contribution is -1.88. The minimum absolute atomic E-state index is 0.00823. The molecule has 1 aromatic carbocycles. The Morgan fingerprint density at radius 3 is 2.72 bits per heavy atom. The topological polar surface area (TPSA) is 48.9 Å². The van der Waals surface area contributed by atoms with Gasteiger partial charge in [-0.2, -0.15) is 0 Å². The Balaban J connectivity index is 2.13. The maximum absolute atomic E-state index is 9.35. The van der Waals surface area contributed by atoms with Crippen LogP contribution < -0.4 is 0 Å². The summed E-state index contributed by atoms with van der Waals surface area (Å²) in [4.78, 5) is 8.91. The molecule has 0 fully saturated rings. The van der Waals surface area contributed by atoms with Gasteiger partial charge >= 0.3 is 0 Å². The zero-order valence-corrected chi connectivity index (χ0v) is 11.3. The quantitative estimate of drug-likeness (QED) is 0.839. The number of unbranched alkanes of at least 4 members (excludes halogenated alkanes) is 1. The third-order valence-corrected chi connectivity index (χ3v) is 3.71. The van der Waals surface area contributed by atoms with Crippen molar-refractivity contribution in [1.82, 2.24) is 9.97 Å². The molecule has 0 unspecified atom stereocenters. The number of benzene rings is 1. The van der Waals surface area contributed by atoms with Crippen LogP contribution in [0.5, 0.6) is 0 Å². The zero-order chi connectivity index (χ0) is 12.8. The average Bonchev–Trinajstić information content (AvgIpc) is 2.80. The third kappa shape index (κ3) is 3.37. The van der Waals surface area contributed by atoms with Crippen LogP contribution in [0.1, 0.15) is 31.3 Å². The Kier molecular flexibility index (Phi) is 4.84. The van der Waals surface area contributed by atoms with Crippen molar-refractivity contribution in [3.8, 4) is 0 Å². The van der Waals surface area contributed by atoms with Crippen LogP contribution in [0, 0.1) is 0 Å². The van der Waals surface area contributed by atoms with Crippen molar-refractivity contribution in [3.05, 3.63) is 41.9 Å². The van der Waals surface area contributed by atoms with Gasteiger partial charge in [0.15, 0.2) is 0 Å². The van der Waals surface area contributed by atoms with Crippen LogP contribution in [0.15, 0.2) is 40.3 Å². The van der Waals surface area contributed by atoms with E-state index in [1.807, 2.05) is 30.3 Å². The monoisotopic (exact) mass is 262 g/mol. The summed E-state index contributed by atoms with van der Waals surface area (Å²) < 4.78 is 0. The van der Waals surface area contributed by atoms with Gasteiger partial charge in [-0.1, -0.05) is 43.3 Å². The van der Waals surface area contributed by atoms with E-state index < -0.39 is 0 Å².